The average Bonchev–Trinajstić information content (AvgIpc) is 3.32. The molecule has 1 aromatic carbocycles. The van der Waals surface area contributed by atoms with Crippen molar-refractivity contribution < 1.29 is 9.59 Å². The molecule has 2 amide bonds. The maximum absolute atomic E-state index is 12.2. The number of carbonyl (C=O) groups excluding carboxylic acids is 2. The van der Waals surface area contributed by atoms with Gasteiger partial charge in [-0.25, -0.2) is 9.97 Å². The van der Waals surface area contributed by atoms with Crippen molar-refractivity contribution in [1.82, 2.24) is 15.0 Å². The van der Waals surface area contributed by atoms with Crippen molar-refractivity contribution in [3.8, 4) is 0 Å². The second-order valence-electron chi connectivity index (χ2n) is 6.22. The number of halogens is 1. The number of benzene rings is 1. The summed E-state index contributed by atoms with van der Waals surface area (Å²) in [5.41, 5.74) is 1.52. The number of thiazole rings is 2. The highest BCUT2D eigenvalue weighted by molar-refractivity contribution is 7.22. The van der Waals surface area contributed by atoms with Gasteiger partial charge in [0, 0.05) is 29.1 Å². The molecule has 3 N–H and O–H groups in total. The number of H-pyrrole nitrogens is 1. The molecule has 0 bridgehead atoms. The van der Waals surface area contributed by atoms with E-state index in [0.717, 1.165) is 10.2 Å². The van der Waals surface area contributed by atoms with Gasteiger partial charge in [0.05, 0.1) is 21.5 Å². The number of nitrogens with one attached hydrogen (secondary N) is 3. The van der Waals surface area contributed by atoms with Gasteiger partial charge in [0.1, 0.15) is 0 Å². The number of amides is 2. The Balaban J connectivity index is 1.31. The van der Waals surface area contributed by atoms with Crippen LogP contribution in [0.2, 0.25) is 5.02 Å². The predicted octanol–water partition coefficient (Wildman–Crippen LogP) is 3.92. The van der Waals surface area contributed by atoms with Crippen LogP contribution >= 0.6 is 34.3 Å². The molecule has 0 aliphatic rings. The maximum atomic E-state index is 12.2. The number of aryl methyl sites for hydroxylation is 1. The molecule has 0 atom stereocenters. The first-order chi connectivity index (χ1) is 14.5. The van der Waals surface area contributed by atoms with Crippen molar-refractivity contribution in [3.63, 3.8) is 0 Å². The van der Waals surface area contributed by atoms with Gasteiger partial charge in [-0.3, -0.25) is 19.7 Å². The van der Waals surface area contributed by atoms with Crippen LogP contribution in [0.3, 0.4) is 0 Å². The molecule has 0 saturated heterocycles. The number of aromatic amines is 1. The minimum Gasteiger partial charge on any atom is -0.328 e. The van der Waals surface area contributed by atoms with Crippen LogP contribution in [-0.2, 0) is 11.2 Å². The predicted molar refractivity (Wildman–Crippen MR) is 119 cm³/mol. The molecular formula is C19H14ClN5O3S2. The number of hydrogen-bond donors (Lipinski definition) is 3. The summed E-state index contributed by atoms with van der Waals surface area (Å²) >= 11 is 8.60. The van der Waals surface area contributed by atoms with Crippen LogP contribution in [0.1, 0.15) is 22.5 Å². The summed E-state index contributed by atoms with van der Waals surface area (Å²) in [7, 11) is 0. The van der Waals surface area contributed by atoms with E-state index in [1.54, 1.807) is 11.4 Å². The monoisotopic (exact) mass is 459 g/mol. The van der Waals surface area contributed by atoms with Crippen molar-refractivity contribution in [2.24, 2.45) is 0 Å². The molecule has 0 aliphatic carbocycles. The van der Waals surface area contributed by atoms with Gasteiger partial charge < -0.3 is 10.3 Å². The first kappa shape index (κ1) is 20.2. The number of fused-ring (bicyclic) bond motifs is 1. The van der Waals surface area contributed by atoms with Crippen molar-refractivity contribution in [1.29, 1.82) is 0 Å². The summed E-state index contributed by atoms with van der Waals surface area (Å²) < 4.78 is 0.903. The Morgan fingerprint density at radius 2 is 1.97 bits per heavy atom. The fourth-order valence-electron chi connectivity index (χ4n) is 2.58. The lowest BCUT2D eigenvalue weighted by molar-refractivity contribution is -0.116. The Morgan fingerprint density at radius 1 is 1.10 bits per heavy atom. The zero-order valence-corrected chi connectivity index (χ0v) is 17.7. The van der Waals surface area contributed by atoms with E-state index < -0.39 is 0 Å². The third kappa shape index (κ3) is 4.90. The van der Waals surface area contributed by atoms with E-state index in [0.29, 0.717) is 33.0 Å². The molecule has 0 fully saturated rings. The fraction of sp³-hybridized carbons (Fsp3) is 0.105. The second kappa shape index (κ2) is 8.74. The highest BCUT2D eigenvalue weighted by Gasteiger charge is 2.12. The van der Waals surface area contributed by atoms with E-state index in [4.69, 9.17) is 11.6 Å². The highest BCUT2D eigenvalue weighted by Crippen LogP contribution is 2.28. The first-order valence-electron chi connectivity index (χ1n) is 8.77. The molecule has 8 nitrogen and oxygen atoms in total. The molecule has 3 heterocycles. The molecule has 0 radical (unpaired) electrons. The number of nitrogens with zero attached hydrogens (tertiary/aromatic N) is 2. The van der Waals surface area contributed by atoms with Crippen molar-refractivity contribution in [2.75, 3.05) is 10.6 Å². The van der Waals surface area contributed by atoms with E-state index in [9.17, 15) is 14.4 Å². The Morgan fingerprint density at radius 3 is 2.77 bits per heavy atom. The van der Waals surface area contributed by atoms with Crippen LogP contribution in [0.4, 0.5) is 10.3 Å². The zero-order chi connectivity index (χ0) is 21.1. The van der Waals surface area contributed by atoms with Gasteiger partial charge in [-0.1, -0.05) is 22.9 Å². The van der Waals surface area contributed by atoms with E-state index in [-0.39, 0.29) is 23.8 Å². The number of pyridine rings is 1. The number of anilines is 2. The smallest absolute Gasteiger partial charge is 0.258 e. The van der Waals surface area contributed by atoms with Crippen molar-refractivity contribution in [2.45, 2.75) is 12.8 Å². The minimum absolute atomic E-state index is 0.174. The summed E-state index contributed by atoms with van der Waals surface area (Å²) in [6.07, 6.45) is 1.99. The third-order valence-electron chi connectivity index (χ3n) is 4.02. The van der Waals surface area contributed by atoms with Gasteiger partial charge in [0.2, 0.25) is 11.5 Å². The zero-order valence-electron chi connectivity index (χ0n) is 15.3. The van der Waals surface area contributed by atoms with Crippen LogP contribution in [0, 0.1) is 0 Å². The Bertz CT molecular complexity index is 1280. The summed E-state index contributed by atoms with van der Waals surface area (Å²) in [4.78, 5) is 46.6. The minimum atomic E-state index is -0.374. The van der Waals surface area contributed by atoms with Gasteiger partial charge >= 0.3 is 0 Å². The van der Waals surface area contributed by atoms with Crippen LogP contribution in [0.25, 0.3) is 10.2 Å². The van der Waals surface area contributed by atoms with Gasteiger partial charge in [-0.15, -0.1) is 11.3 Å². The van der Waals surface area contributed by atoms with Crippen LogP contribution in [-0.4, -0.2) is 26.8 Å². The molecule has 0 spiro atoms. The summed E-state index contributed by atoms with van der Waals surface area (Å²) in [5, 5.41) is 8.81. The molecule has 0 unspecified atom stereocenters. The molecule has 4 aromatic rings. The average molecular weight is 460 g/mol. The van der Waals surface area contributed by atoms with Gasteiger partial charge in [-0.2, -0.15) is 0 Å². The summed E-state index contributed by atoms with van der Waals surface area (Å²) in [5.74, 6) is -0.548. The number of aromatic nitrogens is 3. The molecule has 30 heavy (non-hydrogen) atoms. The van der Waals surface area contributed by atoms with E-state index >= 15 is 0 Å². The maximum Gasteiger partial charge on any atom is 0.258 e. The van der Waals surface area contributed by atoms with Gasteiger partial charge in [-0.05, 0) is 30.7 Å². The lowest BCUT2D eigenvalue weighted by Gasteiger charge is -2.01. The van der Waals surface area contributed by atoms with E-state index in [2.05, 4.69) is 25.6 Å². The van der Waals surface area contributed by atoms with Crippen molar-refractivity contribution >= 4 is 66.6 Å². The van der Waals surface area contributed by atoms with Gasteiger partial charge in [0.15, 0.2) is 10.3 Å². The largest absolute Gasteiger partial charge is 0.328 e. The van der Waals surface area contributed by atoms with E-state index in [1.807, 2.05) is 12.1 Å². The Labute approximate surface area is 183 Å². The molecular weight excluding hydrogens is 446 g/mol. The van der Waals surface area contributed by atoms with Crippen LogP contribution in [0.5, 0.6) is 0 Å². The molecule has 152 valence electrons. The number of carbonyl (C=O) groups is 2. The lowest BCUT2D eigenvalue weighted by atomic mass is 10.2. The topological polar surface area (TPSA) is 117 Å². The molecule has 4 rings (SSSR count). The van der Waals surface area contributed by atoms with Crippen molar-refractivity contribution in [3.05, 3.63) is 68.5 Å². The third-order valence-corrected chi connectivity index (χ3v) is 6.00. The van der Waals surface area contributed by atoms with Crippen LogP contribution in [0.15, 0.2) is 46.7 Å². The number of rotatable bonds is 6. The van der Waals surface area contributed by atoms with Gasteiger partial charge in [0.25, 0.3) is 5.91 Å². The lowest BCUT2D eigenvalue weighted by Crippen LogP contribution is -2.14. The standard InChI is InChI=1S/C19H14ClN5O3S2/c20-11-2-4-13-14(7-11)30-19(23-13)24-16(27)6-3-12-9-29-18(22-12)25-17(28)10-1-5-15(26)21-8-10/h1-2,4-5,7-9H,3,6H2,(H,21,26)(H,22,25,28)(H,23,24,27). The number of hydrogen-bond acceptors (Lipinski definition) is 7. The highest BCUT2D eigenvalue weighted by atomic mass is 35.5. The normalized spacial score (nSPS) is 10.8. The summed E-state index contributed by atoms with van der Waals surface area (Å²) in [6, 6.07) is 8.08. The molecule has 0 aliphatic heterocycles. The molecule has 11 heteroatoms. The molecule has 3 aromatic heterocycles. The Hall–Kier alpha value is -3.08. The quantitative estimate of drug-likeness (QED) is 0.404. The van der Waals surface area contributed by atoms with Crippen LogP contribution < -0.4 is 16.2 Å². The van der Waals surface area contributed by atoms with E-state index in [1.165, 1.54) is 41.0 Å². The Kier molecular flexibility index (Phi) is 5.88. The second-order valence-corrected chi connectivity index (χ2v) is 8.54. The SMILES string of the molecule is O=C(CCc1csc(NC(=O)c2ccc(=O)[nH]c2)n1)Nc1nc2ccc(Cl)cc2s1. The first-order valence-corrected chi connectivity index (χ1v) is 10.8. The molecule has 0 saturated carbocycles. The fourth-order valence-corrected chi connectivity index (χ4v) is 4.47. The summed E-state index contributed by atoms with van der Waals surface area (Å²) in [6.45, 7) is 0.